The highest BCUT2D eigenvalue weighted by Crippen LogP contribution is 2.24. The first-order chi connectivity index (χ1) is 8.22. The number of rotatable bonds is 4. The molecule has 1 aromatic carbocycles. The number of para-hydroxylation sites is 1. The number of anilines is 2. The van der Waals surface area contributed by atoms with Crippen molar-refractivity contribution in [1.29, 1.82) is 0 Å². The van der Waals surface area contributed by atoms with Crippen molar-refractivity contribution in [3.63, 3.8) is 0 Å². The highest BCUT2D eigenvalue weighted by atomic mass is 15.2. The Hall–Kier alpha value is -1.22. The van der Waals surface area contributed by atoms with E-state index >= 15 is 0 Å². The third-order valence-electron chi connectivity index (χ3n) is 3.72. The third-order valence-corrected chi connectivity index (χ3v) is 3.72. The van der Waals surface area contributed by atoms with E-state index < -0.39 is 0 Å². The van der Waals surface area contributed by atoms with Gasteiger partial charge in [-0.2, -0.15) is 0 Å². The minimum absolute atomic E-state index is 0.666. The van der Waals surface area contributed by atoms with Crippen LogP contribution in [0.4, 0.5) is 11.4 Å². The molecule has 0 aliphatic carbocycles. The molecule has 3 N–H and O–H groups in total. The van der Waals surface area contributed by atoms with Crippen LogP contribution in [0.3, 0.4) is 0 Å². The number of likely N-dealkylation sites (tertiary alicyclic amines) is 1. The second-order valence-electron chi connectivity index (χ2n) is 4.84. The van der Waals surface area contributed by atoms with Gasteiger partial charge < -0.3 is 11.1 Å². The van der Waals surface area contributed by atoms with Gasteiger partial charge in [0.15, 0.2) is 0 Å². The number of likely N-dealkylation sites (N-methyl/N-ethyl adjacent to an activating group) is 1. The standard InChI is InChI=1S/C14H23N3/c1-3-17-9-5-7-12(17)10-16-14-11(2)6-4-8-13(14)15/h4,6,8,12,16H,3,5,7,9-10,15H2,1-2H3. The first-order valence-electron chi connectivity index (χ1n) is 6.55. The number of nitrogens with zero attached hydrogens (tertiary/aromatic N) is 1. The summed E-state index contributed by atoms with van der Waals surface area (Å²) in [5.74, 6) is 0. The largest absolute Gasteiger partial charge is 0.397 e. The third kappa shape index (κ3) is 2.72. The van der Waals surface area contributed by atoms with Crippen LogP contribution in [0.1, 0.15) is 25.3 Å². The number of nitrogens with one attached hydrogen (secondary N) is 1. The van der Waals surface area contributed by atoms with Gasteiger partial charge in [0.25, 0.3) is 0 Å². The average Bonchev–Trinajstić information content (AvgIpc) is 2.76. The zero-order valence-electron chi connectivity index (χ0n) is 10.9. The molecular weight excluding hydrogens is 210 g/mol. The van der Waals surface area contributed by atoms with Crippen LogP contribution in [0.5, 0.6) is 0 Å². The molecule has 1 heterocycles. The smallest absolute Gasteiger partial charge is 0.0604 e. The molecular formula is C14H23N3. The molecule has 0 spiro atoms. The van der Waals surface area contributed by atoms with Gasteiger partial charge in [0.05, 0.1) is 11.4 Å². The van der Waals surface area contributed by atoms with Crippen LogP contribution < -0.4 is 11.1 Å². The Bertz CT molecular complexity index is 355. The molecule has 1 aliphatic rings. The van der Waals surface area contributed by atoms with E-state index in [9.17, 15) is 0 Å². The summed E-state index contributed by atoms with van der Waals surface area (Å²) in [5.41, 5.74) is 9.18. The Morgan fingerprint density at radius 2 is 2.29 bits per heavy atom. The van der Waals surface area contributed by atoms with Crippen molar-refractivity contribution in [2.45, 2.75) is 32.7 Å². The summed E-state index contributed by atoms with van der Waals surface area (Å²) >= 11 is 0. The first kappa shape index (κ1) is 12.2. The van der Waals surface area contributed by atoms with Gasteiger partial charge >= 0.3 is 0 Å². The fourth-order valence-corrected chi connectivity index (χ4v) is 2.69. The van der Waals surface area contributed by atoms with Crippen molar-refractivity contribution < 1.29 is 0 Å². The SMILES string of the molecule is CCN1CCCC1CNc1c(C)cccc1N. The molecule has 0 saturated carbocycles. The first-order valence-corrected chi connectivity index (χ1v) is 6.55. The van der Waals surface area contributed by atoms with E-state index in [1.807, 2.05) is 12.1 Å². The topological polar surface area (TPSA) is 41.3 Å². The van der Waals surface area contributed by atoms with Gasteiger partial charge in [0, 0.05) is 12.6 Å². The summed E-state index contributed by atoms with van der Waals surface area (Å²) in [6, 6.07) is 6.73. The monoisotopic (exact) mass is 233 g/mol. The van der Waals surface area contributed by atoms with Gasteiger partial charge in [-0.25, -0.2) is 0 Å². The summed E-state index contributed by atoms with van der Waals surface area (Å²) < 4.78 is 0. The Morgan fingerprint density at radius 1 is 1.47 bits per heavy atom. The van der Waals surface area contributed by atoms with Crippen LogP contribution in [0.2, 0.25) is 0 Å². The van der Waals surface area contributed by atoms with Gasteiger partial charge in [0.1, 0.15) is 0 Å². The Morgan fingerprint density at radius 3 is 3.00 bits per heavy atom. The second-order valence-corrected chi connectivity index (χ2v) is 4.84. The maximum Gasteiger partial charge on any atom is 0.0604 e. The van der Waals surface area contributed by atoms with Crippen molar-refractivity contribution in [1.82, 2.24) is 4.90 Å². The van der Waals surface area contributed by atoms with Crippen LogP contribution in [0.25, 0.3) is 0 Å². The van der Waals surface area contributed by atoms with Crippen molar-refractivity contribution in [3.8, 4) is 0 Å². The number of hydrogen-bond donors (Lipinski definition) is 2. The quantitative estimate of drug-likeness (QED) is 0.785. The highest BCUT2D eigenvalue weighted by Gasteiger charge is 2.22. The number of nitrogens with two attached hydrogens (primary N) is 1. The van der Waals surface area contributed by atoms with E-state index in [4.69, 9.17) is 5.73 Å². The van der Waals surface area contributed by atoms with Gasteiger partial charge in [-0.15, -0.1) is 0 Å². The fourth-order valence-electron chi connectivity index (χ4n) is 2.69. The summed E-state index contributed by atoms with van der Waals surface area (Å²) in [4.78, 5) is 2.54. The normalized spacial score (nSPS) is 20.7. The van der Waals surface area contributed by atoms with E-state index in [0.29, 0.717) is 6.04 Å². The number of aryl methyl sites for hydroxylation is 1. The lowest BCUT2D eigenvalue weighted by Crippen LogP contribution is -2.34. The lowest BCUT2D eigenvalue weighted by molar-refractivity contribution is 0.277. The molecule has 1 saturated heterocycles. The van der Waals surface area contributed by atoms with Crippen LogP contribution in [-0.2, 0) is 0 Å². The second kappa shape index (κ2) is 5.41. The molecule has 0 radical (unpaired) electrons. The van der Waals surface area contributed by atoms with E-state index in [2.05, 4.69) is 30.1 Å². The van der Waals surface area contributed by atoms with Crippen LogP contribution in [0, 0.1) is 6.92 Å². The number of nitrogen functional groups attached to an aromatic ring is 1. The van der Waals surface area contributed by atoms with Gasteiger partial charge in [-0.1, -0.05) is 19.1 Å². The molecule has 1 atom stereocenters. The molecule has 0 amide bonds. The lowest BCUT2D eigenvalue weighted by atomic mass is 10.1. The fraction of sp³-hybridized carbons (Fsp3) is 0.571. The van der Waals surface area contributed by atoms with Gasteiger partial charge in [-0.05, 0) is 44.5 Å². The highest BCUT2D eigenvalue weighted by molar-refractivity contribution is 5.69. The zero-order valence-corrected chi connectivity index (χ0v) is 10.9. The molecule has 94 valence electrons. The van der Waals surface area contributed by atoms with E-state index in [1.54, 1.807) is 0 Å². The minimum Gasteiger partial charge on any atom is -0.397 e. The predicted molar refractivity (Wildman–Crippen MR) is 74.4 cm³/mol. The Kier molecular flexibility index (Phi) is 3.89. The maximum atomic E-state index is 6.00. The molecule has 1 fully saturated rings. The molecule has 0 aromatic heterocycles. The molecule has 1 unspecified atom stereocenters. The summed E-state index contributed by atoms with van der Waals surface area (Å²) in [5, 5.41) is 3.52. The predicted octanol–water partition coefficient (Wildman–Crippen LogP) is 2.47. The van der Waals surface area contributed by atoms with Crippen molar-refractivity contribution in [3.05, 3.63) is 23.8 Å². The Balaban J connectivity index is 1.98. The van der Waals surface area contributed by atoms with Gasteiger partial charge in [0.2, 0.25) is 0 Å². The van der Waals surface area contributed by atoms with E-state index in [-0.39, 0.29) is 0 Å². The lowest BCUT2D eigenvalue weighted by Gasteiger charge is -2.24. The number of hydrogen-bond acceptors (Lipinski definition) is 3. The van der Waals surface area contributed by atoms with Crippen molar-refractivity contribution >= 4 is 11.4 Å². The molecule has 1 aromatic rings. The van der Waals surface area contributed by atoms with E-state index in [1.165, 1.54) is 24.9 Å². The van der Waals surface area contributed by atoms with Crippen molar-refractivity contribution in [2.75, 3.05) is 30.7 Å². The van der Waals surface area contributed by atoms with Crippen molar-refractivity contribution in [2.24, 2.45) is 0 Å². The maximum absolute atomic E-state index is 6.00. The molecule has 2 rings (SSSR count). The number of benzene rings is 1. The van der Waals surface area contributed by atoms with E-state index in [0.717, 1.165) is 24.5 Å². The molecule has 1 aliphatic heterocycles. The molecule has 3 heteroatoms. The zero-order chi connectivity index (χ0) is 12.3. The van der Waals surface area contributed by atoms with Crippen LogP contribution in [-0.4, -0.2) is 30.6 Å². The van der Waals surface area contributed by atoms with Crippen LogP contribution in [0.15, 0.2) is 18.2 Å². The average molecular weight is 233 g/mol. The Labute approximate surface area is 104 Å². The summed E-state index contributed by atoms with van der Waals surface area (Å²) in [6.45, 7) is 7.73. The minimum atomic E-state index is 0.666. The molecule has 0 bridgehead atoms. The summed E-state index contributed by atoms with van der Waals surface area (Å²) in [7, 11) is 0. The molecule has 3 nitrogen and oxygen atoms in total. The summed E-state index contributed by atoms with van der Waals surface area (Å²) in [6.07, 6.45) is 2.62. The van der Waals surface area contributed by atoms with Gasteiger partial charge in [-0.3, -0.25) is 4.90 Å². The van der Waals surface area contributed by atoms with Crippen LogP contribution >= 0.6 is 0 Å². The molecule has 17 heavy (non-hydrogen) atoms.